The smallest absolute Gasteiger partial charge is 0.0759 e. The molecule has 0 radical (unpaired) electrons. The molecule has 3 heteroatoms. The summed E-state index contributed by atoms with van der Waals surface area (Å²) in [6, 6.07) is 6.05. The highest BCUT2D eigenvalue weighted by Crippen LogP contribution is 2.27. The lowest BCUT2D eigenvalue weighted by molar-refractivity contribution is 1.30. The molecular formula is C9H11NS2. The normalized spacial score (nSPS) is 10.9. The second-order valence-corrected chi connectivity index (χ2v) is 3.60. The van der Waals surface area contributed by atoms with E-state index in [1.807, 2.05) is 31.4 Å². The van der Waals surface area contributed by atoms with Crippen LogP contribution in [0, 0.1) is 0 Å². The molecule has 1 nitrogen and oxygen atoms in total. The Balaban J connectivity index is 3.03. The molecule has 12 heavy (non-hydrogen) atoms. The number of hydrogen-bond donors (Lipinski definition) is 1. The molecule has 0 N–H and O–H groups in total. The van der Waals surface area contributed by atoms with E-state index in [4.69, 9.17) is 0 Å². The maximum Gasteiger partial charge on any atom is 0.0759 e. The van der Waals surface area contributed by atoms with Crippen LogP contribution in [0.5, 0.6) is 0 Å². The minimum Gasteiger partial charge on any atom is -0.260 e. The first-order valence-electron chi connectivity index (χ1n) is 3.63. The molecule has 0 unspecified atom stereocenters. The number of hydrogen-bond acceptors (Lipinski definition) is 3. The maximum absolute atomic E-state index is 4.33. The first-order chi connectivity index (χ1) is 5.77. The van der Waals surface area contributed by atoms with Gasteiger partial charge in [-0.15, -0.1) is 24.4 Å². The van der Waals surface area contributed by atoms with Crippen LogP contribution in [-0.2, 0) is 0 Å². The highest BCUT2D eigenvalue weighted by Gasteiger charge is 1.96. The van der Waals surface area contributed by atoms with E-state index in [0.29, 0.717) is 0 Å². The first kappa shape index (κ1) is 9.68. The van der Waals surface area contributed by atoms with Crippen LogP contribution in [0.4, 0.5) is 5.69 Å². The van der Waals surface area contributed by atoms with E-state index in [9.17, 15) is 0 Å². The third-order valence-electron chi connectivity index (χ3n) is 1.45. The number of aliphatic imine (C=N–C) groups is 1. The molecule has 0 fully saturated rings. The Labute approximate surface area is 82.7 Å². The van der Waals surface area contributed by atoms with E-state index in [2.05, 4.69) is 17.6 Å². The minimum absolute atomic E-state index is 0.929. The molecule has 0 saturated heterocycles. The summed E-state index contributed by atoms with van der Waals surface area (Å²) in [5.41, 5.74) is 0.929. The van der Waals surface area contributed by atoms with Crippen LogP contribution in [0.15, 0.2) is 33.0 Å². The van der Waals surface area contributed by atoms with Gasteiger partial charge in [0.05, 0.1) is 5.69 Å². The summed E-state index contributed by atoms with van der Waals surface area (Å²) < 4.78 is 0. The summed E-state index contributed by atoms with van der Waals surface area (Å²) in [7, 11) is 0. The van der Waals surface area contributed by atoms with Crippen LogP contribution < -0.4 is 0 Å². The van der Waals surface area contributed by atoms with E-state index in [1.165, 1.54) is 4.90 Å². The summed E-state index contributed by atoms with van der Waals surface area (Å²) >= 11 is 6.04. The molecule has 0 amide bonds. The molecule has 0 aliphatic rings. The molecule has 0 aliphatic heterocycles. The van der Waals surface area contributed by atoms with E-state index in [1.54, 1.807) is 18.0 Å². The van der Waals surface area contributed by atoms with Crippen LogP contribution in [0.2, 0.25) is 0 Å². The largest absolute Gasteiger partial charge is 0.260 e. The lowest BCUT2D eigenvalue weighted by Crippen LogP contribution is -1.73. The zero-order valence-electron chi connectivity index (χ0n) is 7.11. The van der Waals surface area contributed by atoms with Gasteiger partial charge in [0.1, 0.15) is 0 Å². The van der Waals surface area contributed by atoms with Crippen molar-refractivity contribution < 1.29 is 0 Å². The summed E-state index contributed by atoms with van der Waals surface area (Å²) in [4.78, 5) is 6.32. The molecule has 1 aromatic rings. The van der Waals surface area contributed by atoms with Crippen molar-refractivity contribution >= 4 is 36.3 Å². The lowest BCUT2D eigenvalue weighted by Gasteiger charge is -2.00. The van der Waals surface area contributed by atoms with Crippen molar-refractivity contribution in [2.75, 3.05) is 6.26 Å². The van der Waals surface area contributed by atoms with E-state index >= 15 is 0 Å². The van der Waals surface area contributed by atoms with Crippen molar-refractivity contribution in [3.05, 3.63) is 18.2 Å². The highest BCUT2D eigenvalue weighted by atomic mass is 32.2. The SMILES string of the molecule is CC=Nc1ccc(SC)cc1S. The fraction of sp³-hybridized carbons (Fsp3) is 0.222. The average molecular weight is 197 g/mol. The predicted molar refractivity (Wildman–Crippen MR) is 59.3 cm³/mol. The number of thioether (sulfide) groups is 1. The Morgan fingerprint density at radius 2 is 2.25 bits per heavy atom. The fourth-order valence-electron chi connectivity index (χ4n) is 0.878. The Kier molecular flexibility index (Phi) is 3.69. The summed E-state index contributed by atoms with van der Waals surface area (Å²) in [6.45, 7) is 1.90. The van der Waals surface area contributed by atoms with Gasteiger partial charge in [-0.3, -0.25) is 4.99 Å². The van der Waals surface area contributed by atoms with Crippen molar-refractivity contribution in [2.24, 2.45) is 4.99 Å². The van der Waals surface area contributed by atoms with Crippen LogP contribution in [0.3, 0.4) is 0 Å². The van der Waals surface area contributed by atoms with Gasteiger partial charge < -0.3 is 0 Å². The molecule has 0 bridgehead atoms. The number of nitrogens with zero attached hydrogens (tertiary/aromatic N) is 1. The molecular weight excluding hydrogens is 186 g/mol. The second kappa shape index (κ2) is 4.58. The van der Waals surface area contributed by atoms with Crippen molar-refractivity contribution in [1.82, 2.24) is 0 Å². The average Bonchev–Trinajstić information content (AvgIpc) is 2.09. The third-order valence-corrected chi connectivity index (χ3v) is 2.53. The molecule has 0 heterocycles. The van der Waals surface area contributed by atoms with Gasteiger partial charge in [0.15, 0.2) is 0 Å². The van der Waals surface area contributed by atoms with Gasteiger partial charge >= 0.3 is 0 Å². The standard InChI is InChI=1S/C9H11NS2/c1-3-10-8-5-4-7(12-2)6-9(8)11/h3-6,11H,1-2H3. The van der Waals surface area contributed by atoms with Gasteiger partial charge in [0.2, 0.25) is 0 Å². The van der Waals surface area contributed by atoms with Gasteiger partial charge in [0.25, 0.3) is 0 Å². The summed E-state index contributed by atoms with van der Waals surface area (Å²) in [5, 5.41) is 0. The minimum atomic E-state index is 0.929. The molecule has 64 valence electrons. The van der Waals surface area contributed by atoms with Crippen molar-refractivity contribution in [3.63, 3.8) is 0 Å². The molecule has 1 rings (SSSR count). The third kappa shape index (κ3) is 2.29. The number of benzene rings is 1. The Bertz CT molecular complexity index is 295. The number of rotatable bonds is 2. The van der Waals surface area contributed by atoms with Gasteiger partial charge in [-0.05, 0) is 31.4 Å². The second-order valence-electron chi connectivity index (χ2n) is 2.24. The highest BCUT2D eigenvalue weighted by molar-refractivity contribution is 7.98. The van der Waals surface area contributed by atoms with Gasteiger partial charge in [-0.2, -0.15) is 0 Å². The monoisotopic (exact) mass is 197 g/mol. The first-order valence-corrected chi connectivity index (χ1v) is 5.31. The zero-order valence-corrected chi connectivity index (χ0v) is 8.82. The molecule has 1 aromatic carbocycles. The molecule has 0 aliphatic carbocycles. The quantitative estimate of drug-likeness (QED) is 0.435. The lowest BCUT2D eigenvalue weighted by atomic mass is 10.3. The topological polar surface area (TPSA) is 12.4 Å². The Morgan fingerprint density at radius 1 is 1.50 bits per heavy atom. The van der Waals surface area contributed by atoms with Crippen LogP contribution >= 0.6 is 24.4 Å². The Hall–Kier alpha value is -0.410. The van der Waals surface area contributed by atoms with Gasteiger partial charge in [-0.1, -0.05) is 0 Å². The van der Waals surface area contributed by atoms with Crippen molar-refractivity contribution in [2.45, 2.75) is 16.7 Å². The molecule has 0 saturated carbocycles. The van der Waals surface area contributed by atoms with Crippen molar-refractivity contribution in [3.8, 4) is 0 Å². The van der Waals surface area contributed by atoms with E-state index in [-0.39, 0.29) is 0 Å². The van der Waals surface area contributed by atoms with Gasteiger partial charge in [-0.25, -0.2) is 0 Å². The van der Waals surface area contributed by atoms with Crippen LogP contribution in [0.25, 0.3) is 0 Å². The molecule has 0 spiro atoms. The van der Waals surface area contributed by atoms with Crippen molar-refractivity contribution in [1.29, 1.82) is 0 Å². The predicted octanol–water partition coefficient (Wildman–Crippen LogP) is 3.42. The molecule has 0 atom stereocenters. The van der Waals surface area contributed by atoms with E-state index in [0.717, 1.165) is 10.6 Å². The zero-order chi connectivity index (χ0) is 8.97. The fourth-order valence-corrected chi connectivity index (χ4v) is 1.68. The summed E-state index contributed by atoms with van der Waals surface area (Å²) in [5.74, 6) is 0. The number of thiol groups is 1. The van der Waals surface area contributed by atoms with Gasteiger partial charge in [0, 0.05) is 16.0 Å². The Morgan fingerprint density at radius 3 is 2.75 bits per heavy atom. The summed E-state index contributed by atoms with van der Waals surface area (Å²) in [6.07, 6.45) is 3.82. The van der Waals surface area contributed by atoms with E-state index < -0.39 is 0 Å². The molecule has 0 aromatic heterocycles. The van der Waals surface area contributed by atoms with Crippen LogP contribution in [0.1, 0.15) is 6.92 Å². The maximum atomic E-state index is 4.33. The van der Waals surface area contributed by atoms with Crippen LogP contribution in [-0.4, -0.2) is 12.5 Å².